The molecule has 1 aliphatic carbocycles. The number of fused-ring (bicyclic) bond motifs is 1. The number of hydrogen-bond acceptors (Lipinski definition) is 3. The fraction of sp³-hybridized carbons (Fsp3) is 0.471. The normalized spacial score (nSPS) is 18.0. The Morgan fingerprint density at radius 3 is 2.76 bits per heavy atom. The largest absolute Gasteiger partial charge is 0.453 e. The Balaban J connectivity index is 1.82. The van der Waals surface area contributed by atoms with E-state index in [1.165, 1.54) is 18.6 Å². The molecule has 0 aliphatic heterocycles. The average Bonchev–Trinajstić information content (AvgIpc) is 2.91. The van der Waals surface area contributed by atoms with E-state index < -0.39 is 0 Å². The van der Waals surface area contributed by atoms with E-state index >= 15 is 0 Å². The predicted molar refractivity (Wildman–Crippen MR) is 80.0 cm³/mol. The van der Waals surface area contributed by atoms with E-state index in [-0.39, 0.29) is 17.1 Å². The molecular weight excluding hydrogens is 269 g/mol. The number of ketones is 1. The smallest absolute Gasteiger partial charge is 0.199 e. The summed E-state index contributed by atoms with van der Waals surface area (Å²) in [4.78, 5) is 12.5. The predicted octanol–water partition coefficient (Wildman–Crippen LogP) is 4.07. The molecule has 1 aliphatic rings. The monoisotopic (exact) mass is 289 g/mol. The number of carbonyl (C=O) groups is 1. The first-order valence-corrected chi connectivity index (χ1v) is 7.53. The van der Waals surface area contributed by atoms with E-state index in [4.69, 9.17) is 4.42 Å². The molecule has 3 rings (SSSR count). The van der Waals surface area contributed by atoms with Gasteiger partial charge in [0.2, 0.25) is 0 Å². The van der Waals surface area contributed by atoms with Crippen LogP contribution in [0, 0.1) is 5.82 Å². The molecule has 0 unspecified atom stereocenters. The summed E-state index contributed by atoms with van der Waals surface area (Å²) in [6.45, 7) is 0. The van der Waals surface area contributed by atoms with Crippen LogP contribution in [-0.4, -0.2) is 18.4 Å². The second kappa shape index (κ2) is 5.60. The van der Waals surface area contributed by atoms with Crippen LogP contribution in [0.3, 0.4) is 0 Å². The number of rotatable bonds is 4. The fourth-order valence-electron chi connectivity index (χ4n) is 3.29. The number of halogens is 1. The standard InChI is InChI=1S/C17H20FNO2/c1-19-17(7-3-2-4-8-17)11-14(20)16-10-12-9-13(18)5-6-15(12)21-16/h5-6,9-10,19H,2-4,7-8,11H2,1H3. The van der Waals surface area contributed by atoms with Gasteiger partial charge in [0.25, 0.3) is 0 Å². The van der Waals surface area contributed by atoms with Crippen molar-refractivity contribution in [1.29, 1.82) is 0 Å². The van der Waals surface area contributed by atoms with Gasteiger partial charge in [0, 0.05) is 17.3 Å². The molecule has 0 radical (unpaired) electrons. The molecule has 0 spiro atoms. The van der Waals surface area contributed by atoms with Gasteiger partial charge in [0.15, 0.2) is 11.5 Å². The van der Waals surface area contributed by atoms with Gasteiger partial charge in [-0.15, -0.1) is 0 Å². The molecule has 1 heterocycles. The molecule has 0 saturated heterocycles. The van der Waals surface area contributed by atoms with Crippen molar-refractivity contribution in [2.45, 2.75) is 44.1 Å². The molecule has 1 saturated carbocycles. The summed E-state index contributed by atoms with van der Waals surface area (Å²) in [5.41, 5.74) is 0.446. The van der Waals surface area contributed by atoms with Crippen LogP contribution in [0.2, 0.25) is 0 Å². The average molecular weight is 289 g/mol. The fourth-order valence-corrected chi connectivity index (χ4v) is 3.29. The van der Waals surface area contributed by atoms with Crippen molar-refractivity contribution in [3.8, 4) is 0 Å². The zero-order valence-corrected chi connectivity index (χ0v) is 12.2. The summed E-state index contributed by atoms with van der Waals surface area (Å²) >= 11 is 0. The van der Waals surface area contributed by atoms with E-state index in [9.17, 15) is 9.18 Å². The highest BCUT2D eigenvalue weighted by Crippen LogP contribution is 2.32. The Kier molecular flexibility index (Phi) is 3.81. The molecule has 21 heavy (non-hydrogen) atoms. The summed E-state index contributed by atoms with van der Waals surface area (Å²) in [5.74, 6) is -0.0000636. The Hall–Kier alpha value is -1.68. The first kappa shape index (κ1) is 14.3. The maximum absolute atomic E-state index is 13.2. The highest BCUT2D eigenvalue weighted by Gasteiger charge is 2.33. The third-order valence-corrected chi connectivity index (χ3v) is 4.59. The zero-order valence-electron chi connectivity index (χ0n) is 12.2. The highest BCUT2D eigenvalue weighted by atomic mass is 19.1. The molecule has 2 aromatic rings. The lowest BCUT2D eigenvalue weighted by Crippen LogP contribution is -2.46. The van der Waals surface area contributed by atoms with Crippen molar-refractivity contribution in [1.82, 2.24) is 5.32 Å². The maximum atomic E-state index is 13.2. The van der Waals surface area contributed by atoms with Gasteiger partial charge >= 0.3 is 0 Å². The lowest BCUT2D eigenvalue weighted by molar-refractivity contribution is 0.0889. The quantitative estimate of drug-likeness (QED) is 0.863. The van der Waals surface area contributed by atoms with Gasteiger partial charge in [-0.2, -0.15) is 0 Å². The van der Waals surface area contributed by atoms with Gasteiger partial charge in [-0.25, -0.2) is 4.39 Å². The number of nitrogens with one attached hydrogen (secondary N) is 1. The van der Waals surface area contributed by atoms with Crippen molar-refractivity contribution in [2.75, 3.05) is 7.05 Å². The topological polar surface area (TPSA) is 42.2 Å². The van der Waals surface area contributed by atoms with Crippen LogP contribution < -0.4 is 5.32 Å². The summed E-state index contributed by atoms with van der Waals surface area (Å²) in [5, 5.41) is 3.98. The van der Waals surface area contributed by atoms with Gasteiger partial charge in [-0.3, -0.25) is 4.79 Å². The maximum Gasteiger partial charge on any atom is 0.199 e. The zero-order chi connectivity index (χ0) is 14.9. The molecule has 0 amide bonds. The van der Waals surface area contributed by atoms with E-state index in [1.54, 1.807) is 12.1 Å². The Morgan fingerprint density at radius 1 is 1.29 bits per heavy atom. The van der Waals surface area contributed by atoms with Gasteiger partial charge in [-0.05, 0) is 44.2 Å². The van der Waals surface area contributed by atoms with Crippen molar-refractivity contribution in [2.24, 2.45) is 0 Å². The molecule has 0 bridgehead atoms. The van der Waals surface area contributed by atoms with Crippen molar-refractivity contribution < 1.29 is 13.6 Å². The van der Waals surface area contributed by atoms with Gasteiger partial charge < -0.3 is 9.73 Å². The van der Waals surface area contributed by atoms with E-state index in [0.717, 1.165) is 25.7 Å². The van der Waals surface area contributed by atoms with Crippen LogP contribution in [0.1, 0.15) is 49.1 Å². The van der Waals surface area contributed by atoms with Crippen LogP contribution >= 0.6 is 0 Å². The molecule has 112 valence electrons. The van der Waals surface area contributed by atoms with Crippen LogP contribution in [-0.2, 0) is 0 Å². The Labute approximate surface area is 123 Å². The van der Waals surface area contributed by atoms with Gasteiger partial charge in [0.05, 0.1) is 0 Å². The SMILES string of the molecule is CNC1(CC(=O)c2cc3cc(F)ccc3o2)CCCCC1. The van der Waals surface area contributed by atoms with Crippen LogP contribution in [0.5, 0.6) is 0 Å². The highest BCUT2D eigenvalue weighted by molar-refractivity contribution is 5.98. The molecule has 1 fully saturated rings. The van der Waals surface area contributed by atoms with Crippen molar-refractivity contribution in [3.05, 3.63) is 35.8 Å². The van der Waals surface area contributed by atoms with Gasteiger partial charge in [-0.1, -0.05) is 19.3 Å². The first-order chi connectivity index (χ1) is 10.1. The molecule has 4 heteroatoms. The van der Waals surface area contributed by atoms with Crippen LogP contribution in [0.4, 0.5) is 4.39 Å². The minimum Gasteiger partial charge on any atom is -0.453 e. The number of carbonyl (C=O) groups excluding carboxylic acids is 1. The lowest BCUT2D eigenvalue weighted by Gasteiger charge is -2.36. The number of Topliss-reactive ketones (excluding diaryl/α,β-unsaturated/α-hetero) is 1. The third kappa shape index (κ3) is 2.86. The first-order valence-electron chi connectivity index (χ1n) is 7.53. The number of hydrogen-bond donors (Lipinski definition) is 1. The summed E-state index contributed by atoms with van der Waals surface area (Å²) in [6.07, 6.45) is 6.01. The molecular formula is C17H20FNO2. The third-order valence-electron chi connectivity index (χ3n) is 4.59. The molecule has 0 atom stereocenters. The lowest BCUT2D eigenvalue weighted by atomic mass is 9.78. The Bertz CT molecular complexity index is 656. The second-order valence-electron chi connectivity index (χ2n) is 5.98. The summed E-state index contributed by atoms with van der Waals surface area (Å²) in [7, 11) is 1.92. The molecule has 1 N–H and O–H groups in total. The molecule has 1 aromatic carbocycles. The van der Waals surface area contributed by atoms with Crippen molar-refractivity contribution in [3.63, 3.8) is 0 Å². The molecule has 1 aromatic heterocycles. The van der Waals surface area contributed by atoms with E-state index in [1.807, 2.05) is 7.05 Å². The van der Waals surface area contributed by atoms with Crippen LogP contribution in [0.15, 0.2) is 28.7 Å². The van der Waals surface area contributed by atoms with Crippen LogP contribution in [0.25, 0.3) is 11.0 Å². The van der Waals surface area contributed by atoms with Crippen molar-refractivity contribution >= 4 is 16.8 Å². The van der Waals surface area contributed by atoms with Gasteiger partial charge in [0.1, 0.15) is 11.4 Å². The summed E-state index contributed by atoms with van der Waals surface area (Å²) < 4.78 is 18.8. The minimum absolute atomic E-state index is 0.0112. The number of benzene rings is 1. The second-order valence-corrected chi connectivity index (χ2v) is 5.98. The number of furan rings is 1. The Morgan fingerprint density at radius 2 is 2.05 bits per heavy atom. The molecule has 3 nitrogen and oxygen atoms in total. The van der Waals surface area contributed by atoms with E-state index in [0.29, 0.717) is 23.2 Å². The minimum atomic E-state index is -0.318. The summed E-state index contributed by atoms with van der Waals surface area (Å²) in [6, 6.07) is 5.95. The van der Waals surface area contributed by atoms with E-state index in [2.05, 4.69) is 5.32 Å².